The molecule has 1 aliphatic heterocycles. The number of hydrogen-bond acceptors (Lipinski definition) is 5. The molecule has 1 fully saturated rings. The number of esters is 1. The van der Waals surface area contributed by atoms with Crippen molar-refractivity contribution in [1.29, 1.82) is 0 Å². The molecule has 21 heavy (non-hydrogen) atoms. The standard InChI is InChI=1S/C16H30O5/c1-5-7-16-20-14(6-2)10-15(21-16)9-13(18)8-11(3)19-12(4)17/h11,13-16,18H,5-10H2,1-4H3. The first kappa shape index (κ1) is 18.4. The number of rotatable bonds is 8. The molecule has 5 nitrogen and oxygen atoms in total. The third-order valence-electron chi connectivity index (χ3n) is 3.70. The summed E-state index contributed by atoms with van der Waals surface area (Å²) in [5.74, 6) is -0.314. The summed E-state index contributed by atoms with van der Waals surface area (Å²) < 4.78 is 16.8. The van der Waals surface area contributed by atoms with Crippen molar-refractivity contribution >= 4 is 5.97 Å². The van der Waals surface area contributed by atoms with Crippen LogP contribution in [0.15, 0.2) is 0 Å². The van der Waals surface area contributed by atoms with Crippen molar-refractivity contribution < 1.29 is 24.1 Å². The number of ether oxygens (including phenoxy) is 3. The van der Waals surface area contributed by atoms with E-state index < -0.39 is 6.10 Å². The van der Waals surface area contributed by atoms with Gasteiger partial charge in [-0.25, -0.2) is 0 Å². The van der Waals surface area contributed by atoms with Gasteiger partial charge in [0.15, 0.2) is 6.29 Å². The molecule has 0 aromatic rings. The Morgan fingerprint density at radius 1 is 1.33 bits per heavy atom. The molecule has 0 aromatic carbocycles. The Balaban J connectivity index is 2.42. The molecule has 124 valence electrons. The van der Waals surface area contributed by atoms with E-state index in [9.17, 15) is 9.90 Å². The van der Waals surface area contributed by atoms with E-state index in [-0.39, 0.29) is 30.6 Å². The number of carbonyl (C=O) groups excluding carboxylic acids is 1. The van der Waals surface area contributed by atoms with Crippen LogP contribution >= 0.6 is 0 Å². The van der Waals surface area contributed by atoms with E-state index in [1.807, 2.05) is 0 Å². The molecule has 0 bridgehead atoms. The average Bonchev–Trinajstić information content (AvgIpc) is 2.37. The Labute approximate surface area is 128 Å². The van der Waals surface area contributed by atoms with Crippen molar-refractivity contribution in [3.8, 4) is 0 Å². The Hall–Kier alpha value is -0.650. The van der Waals surface area contributed by atoms with Crippen LogP contribution in [0.4, 0.5) is 0 Å². The first-order valence-electron chi connectivity index (χ1n) is 8.10. The SMILES string of the molecule is CCCC1OC(CC)CC(CC(O)CC(C)OC(C)=O)O1. The first-order chi connectivity index (χ1) is 9.94. The molecule has 1 rings (SSSR count). The van der Waals surface area contributed by atoms with Gasteiger partial charge in [0.05, 0.1) is 18.3 Å². The van der Waals surface area contributed by atoms with Gasteiger partial charge in [-0.2, -0.15) is 0 Å². The molecule has 5 unspecified atom stereocenters. The smallest absolute Gasteiger partial charge is 0.302 e. The van der Waals surface area contributed by atoms with E-state index in [0.29, 0.717) is 12.8 Å². The van der Waals surface area contributed by atoms with Gasteiger partial charge < -0.3 is 19.3 Å². The van der Waals surface area contributed by atoms with Gasteiger partial charge in [-0.05, 0) is 26.2 Å². The van der Waals surface area contributed by atoms with Gasteiger partial charge in [-0.1, -0.05) is 20.3 Å². The molecule has 0 radical (unpaired) electrons. The molecule has 1 saturated heterocycles. The predicted molar refractivity (Wildman–Crippen MR) is 79.8 cm³/mol. The van der Waals surface area contributed by atoms with Gasteiger partial charge in [0.1, 0.15) is 6.10 Å². The third kappa shape index (κ3) is 7.25. The van der Waals surface area contributed by atoms with E-state index in [1.165, 1.54) is 6.92 Å². The van der Waals surface area contributed by atoms with Crippen LogP contribution in [-0.2, 0) is 19.0 Å². The fourth-order valence-corrected chi connectivity index (χ4v) is 2.77. The van der Waals surface area contributed by atoms with Crippen LogP contribution in [0.5, 0.6) is 0 Å². The van der Waals surface area contributed by atoms with Crippen molar-refractivity contribution in [2.45, 2.75) is 96.9 Å². The quantitative estimate of drug-likeness (QED) is 0.698. The number of hydrogen-bond donors (Lipinski definition) is 1. The molecule has 5 heteroatoms. The maximum atomic E-state index is 10.9. The number of aliphatic hydroxyl groups is 1. The highest BCUT2D eigenvalue weighted by atomic mass is 16.7. The second kappa shape index (κ2) is 9.38. The summed E-state index contributed by atoms with van der Waals surface area (Å²) in [7, 11) is 0. The maximum Gasteiger partial charge on any atom is 0.302 e. The van der Waals surface area contributed by atoms with Crippen molar-refractivity contribution in [3.05, 3.63) is 0 Å². The third-order valence-corrected chi connectivity index (χ3v) is 3.70. The summed E-state index contributed by atoms with van der Waals surface area (Å²) in [6.45, 7) is 7.39. The Morgan fingerprint density at radius 2 is 2.00 bits per heavy atom. The molecule has 0 amide bonds. The van der Waals surface area contributed by atoms with Gasteiger partial charge in [0, 0.05) is 19.8 Å². The molecule has 0 aromatic heterocycles. The van der Waals surface area contributed by atoms with E-state index in [1.54, 1.807) is 6.92 Å². The highest BCUT2D eigenvalue weighted by molar-refractivity contribution is 5.66. The molecule has 0 spiro atoms. The Morgan fingerprint density at radius 3 is 2.57 bits per heavy atom. The van der Waals surface area contributed by atoms with Crippen molar-refractivity contribution in [3.63, 3.8) is 0 Å². The van der Waals surface area contributed by atoms with Gasteiger partial charge in [-0.15, -0.1) is 0 Å². The molecular weight excluding hydrogens is 272 g/mol. The zero-order valence-corrected chi connectivity index (χ0v) is 13.7. The van der Waals surface area contributed by atoms with E-state index in [4.69, 9.17) is 14.2 Å². The highest BCUT2D eigenvalue weighted by Crippen LogP contribution is 2.26. The van der Waals surface area contributed by atoms with Crippen molar-refractivity contribution in [2.75, 3.05) is 0 Å². The maximum absolute atomic E-state index is 10.9. The topological polar surface area (TPSA) is 65.0 Å². The van der Waals surface area contributed by atoms with E-state index in [2.05, 4.69) is 13.8 Å². The summed E-state index contributed by atoms with van der Waals surface area (Å²) in [6, 6.07) is 0. The molecule has 1 N–H and O–H groups in total. The van der Waals surface area contributed by atoms with Crippen LogP contribution in [0.1, 0.15) is 66.2 Å². The van der Waals surface area contributed by atoms with Crippen LogP contribution in [0, 0.1) is 0 Å². The summed E-state index contributed by atoms with van der Waals surface area (Å²) in [4.78, 5) is 10.9. The number of aliphatic hydroxyl groups excluding tert-OH is 1. The largest absolute Gasteiger partial charge is 0.463 e. The lowest BCUT2D eigenvalue weighted by molar-refractivity contribution is -0.249. The zero-order valence-electron chi connectivity index (χ0n) is 13.7. The second-order valence-electron chi connectivity index (χ2n) is 5.92. The van der Waals surface area contributed by atoms with Crippen molar-refractivity contribution in [2.24, 2.45) is 0 Å². The Bertz CT molecular complexity index is 307. The predicted octanol–water partition coefficient (Wildman–Crippen LogP) is 2.79. The first-order valence-corrected chi connectivity index (χ1v) is 8.10. The second-order valence-corrected chi connectivity index (χ2v) is 5.92. The Kier molecular flexibility index (Phi) is 8.22. The van der Waals surface area contributed by atoms with Gasteiger partial charge in [-0.3, -0.25) is 4.79 Å². The lowest BCUT2D eigenvalue weighted by Crippen LogP contribution is -2.39. The average molecular weight is 302 g/mol. The van der Waals surface area contributed by atoms with Crippen LogP contribution in [0.3, 0.4) is 0 Å². The molecule has 1 aliphatic rings. The van der Waals surface area contributed by atoms with Crippen LogP contribution < -0.4 is 0 Å². The normalized spacial score (nSPS) is 28.9. The minimum absolute atomic E-state index is 0.0137. The molecular formula is C16H30O5. The molecule has 5 atom stereocenters. The summed E-state index contributed by atoms with van der Waals surface area (Å²) in [6.07, 6.45) is 3.94. The van der Waals surface area contributed by atoms with Crippen molar-refractivity contribution in [1.82, 2.24) is 0 Å². The van der Waals surface area contributed by atoms with E-state index in [0.717, 1.165) is 25.7 Å². The van der Waals surface area contributed by atoms with Gasteiger partial charge in [0.2, 0.25) is 0 Å². The van der Waals surface area contributed by atoms with Crippen LogP contribution in [0.25, 0.3) is 0 Å². The minimum Gasteiger partial charge on any atom is -0.463 e. The fourth-order valence-electron chi connectivity index (χ4n) is 2.77. The molecule has 0 saturated carbocycles. The van der Waals surface area contributed by atoms with Crippen LogP contribution in [0.2, 0.25) is 0 Å². The molecule has 1 heterocycles. The van der Waals surface area contributed by atoms with Crippen LogP contribution in [-0.4, -0.2) is 41.8 Å². The summed E-state index contributed by atoms with van der Waals surface area (Å²) >= 11 is 0. The lowest BCUT2D eigenvalue weighted by atomic mass is 9.99. The minimum atomic E-state index is -0.526. The number of carbonyl (C=O) groups is 1. The monoisotopic (exact) mass is 302 g/mol. The fraction of sp³-hybridized carbons (Fsp3) is 0.938. The lowest BCUT2D eigenvalue weighted by Gasteiger charge is -2.36. The zero-order chi connectivity index (χ0) is 15.8. The summed E-state index contributed by atoms with van der Waals surface area (Å²) in [5.41, 5.74) is 0. The summed E-state index contributed by atoms with van der Waals surface area (Å²) in [5, 5.41) is 10.1. The molecule has 0 aliphatic carbocycles. The highest BCUT2D eigenvalue weighted by Gasteiger charge is 2.30. The van der Waals surface area contributed by atoms with Gasteiger partial charge >= 0.3 is 5.97 Å². The van der Waals surface area contributed by atoms with Gasteiger partial charge in [0.25, 0.3) is 0 Å². The van der Waals surface area contributed by atoms with E-state index >= 15 is 0 Å².